The molecule has 0 spiro atoms. The highest BCUT2D eigenvalue weighted by Gasteiger charge is 2.20. The van der Waals surface area contributed by atoms with Crippen molar-refractivity contribution < 1.29 is 9.26 Å². The normalized spacial score (nSPS) is 15.0. The fourth-order valence-corrected chi connectivity index (χ4v) is 2.39. The molecule has 0 bridgehead atoms. The molecule has 2 N–H and O–H groups in total. The van der Waals surface area contributed by atoms with Crippen LogP contribution in [0.15, 0.2) is 9.52 Å². The minimum Gasteiger partial charge on any atom is -0.379 e. The summed E-state index contributed by atoms with van der Waals surface area (Å²) in [7, 11) is 0. The highest BCUT2D eigenvalue weighted by atomic mass is 16.5. The smallest absolute Gasteiger partial charge is 0.191 e. The second kappa shape index (κ2) is 9.55. The molecule has 1 fully saturated rings. The molecule has 1 aromatic heterocycles. The van der Waals surface area contributed by atoms with Crippen molar-refractivity contribution in [3.8, 4) is 0 Å². The summed E-state index contributed by atoms with van der Waals surface area (Å²) in [6.45, 7) is 10.0. The Bertz CT molecular complexity index is 473. The third-order valence-electron chi connectivity index (χ3n) is 3.94. The first kappa shape index (κ1) is 17.8. The van der Waals surface area contributed by atoms with Gasteiger partial charge in [0.2, 0.25) is 0 Å². The third kappa shape index (κ3) is 5.86. The van der Waals surface area contributed by atoms with Crippen LogP contribution in [-0.2, 0) is 24.1 Å². The maximum absolute atomic E-state index is 5.64. The molecule has 1 heterocycles. The quantitative estimate of drug-likeness (QED) is 0.393. The van der Waals surface area contributed by atoms with E-state index in [-0.39, 0.29) is 0 Å². The lowest BCUT2D eigenvalue weighted by Gasteiger charge is -2.11. The van der Waals surface area contributed by atoms with E-state index in [0.29, 0.717) is 13.2 Å². The number of hydrogen-bond donors (Lipinski definition) is 2. The van der Waals surface area contributed by atoms with Gasteiger partial charge >= 0.3 is 0 Å². The number of rotatable bonds is 10. The number of hydrogen-bond acceptors (Lipinski definition) is 4. The molecule has 1 saturated carbocycles. The Hall–Kier alpha value is -1.56. The molecule has 1 aliphatic carbocycles. The van der Waals surface area contributed by atoms with Crippen LogP contribution in [0.25, 0.3) is 0 Å². The number of aliphatic imine (C=N–C) groups is 1. The minimum atomic E-state index is 0.591. The van der Waals surface area contributed by atoms with E-state index in [4.69, 9.17) is 9.26 Å². The molecule has 6 heteroatoms. The van der Waals surface area contributed by atoms with E-state index in [2.05, 4.69) is 41.6 Å². The van der Waals surface area contributed by atoms with Gasteiger partial charge in [0, 0.05) is 31.7 Å². The Balaban J connectivity index is 1.83. The van der Waals surface area contributed by atoms with Gasteiger partial charge in [0.25, 0.3) is 0 Å². The first-order chi connectivity index (χ1) is 11.3. The van der Waals surface area contributed by atoms with E-state index >= 15 is 0 Å². The van der Waals surface area contributed by atoms with Crippen LogP contribution in [0, 0.1) is 5.92 Å². The maximum atomic E-state index is 5.64. The zero-order valence-electron chi connectivity index (χ0n) is 14.7. The molecule has 0 unspecified atom stereocenters. The van der Waals surface area contributed by atoms with Gasteiger partial charge in [-0.15, -0.1) is 0 Å². The standard InChI is InChI=1S/C17H30N4O2/c1-4-15-14(16(5-2)23-21-15)11-20-17(18-6-3)19-9-10-22-12-13-7-8-13/h13H,4-12H2,1-3H3,(H2,18,19,20). The van der Waals surface area contributed by atoms with Crippen LogP contribution in [0.4, 0.5) is 0 Å². The van der Waals surface area contributed by atoms with Gasteiger partial charge in [-0.3, -0.25) is 0 Å². The summed E-state index contributed by atoms with van der Waals surface area (Å²) >= 11 is 0. The molecule has 23 heavy (non-hydrogen) atoms. The largest absolute Gasteiger partial charge is 0.379 e. The molecule has 0 aliphatic heterocycles. The summed E-state index contributed by atoms with van der Waals surface area (Å²) in [6, 6.07) is 0. The molecule has 0 aromatic carbocycles. The first-order valence-corrected chi connectivity index (χ1v) is 8.84. The molecule has 0 amide bonds. The van der Waals surface area contributed by atoms with Gasteiger partial charge in [-0.2, -0.15) is 0 Å². The molecule has 0 atom stereocenters. The van der Waals surface area contributed by atoms with E-state index in [9.17, 15) is 0 Å². The second-order valence-electron chi connectivity index (χ2n) is 5.88. The maximum Gasteiger partial charge on any atom is 0.191 e. The van der Waals surface area contributed by atoms with Crippen molar-refractivity contribution in [2.75, 3.05) is 26.3 Å². The van der Waals surface area contributed by atoms with Crippen molar-refractivity contribution >= 4 is 5.96 Å². The van der Waals surface area contributed by atoms with Gasteiger partial charge < -0.3 is 19.9 Å². The Kier molecular flexibility index (Phi) is 7.39. The van der Waals surface area contributed by atoms with E-state index in [0.717, 1.165) is 61.4 Å². The average molecular weight is 322 g/mol. The van der Waals surface area contributed by atoms with Gasteiger partial charge in [0.1, 0.15) is 5.76 Å². The predicted molar refractivity (Wildman–Crippen MR) is 91.6 cm³/mol. The average Bonchev–Trinajstić information content (AvgIpc) is 3.30. The van der Waals surface area contributed by atoms with E-state index in [1.807, 2.05) is 0 Å². The highest BCUT2D eigenvalue weighted by Crippen LogP contribution is 2.28. The zero-order chi connectivity index (χ0) is 16.5. The van der Waals surface area contributed by atoms with Crippen LogP contribution in [0.1, 0.15) is 50.6 Å². The number of guanidine groups is 1. The summed E-state index contributed by atoms with van der Waals surface area (Å²) in [6.07, 6.45) is 4.37. The molecule has 0 radical (unpaired) electrons. The SMILES string of the molecule is CCNC(=NCc1c(CC)noc1CC)NCCOCC1CC1. The van der Waals surface area contributed by atoms with Crippen molar-refractivity contribution in [2.45, 2.75) is 53.0 Å². The predicted octanol–water partition coefficient (Wildman–Crippen LogP) is 2.28. The van der Waals surface area contributed by atoms with Crippen LogP contribution in [-0.4, -0.2) is 37.4 Å². The third-order valence-corrected chi connectivity index (χ3v) is 3.94. The van der Waals surface area contributed by atoms with E-state index < -0.39 is 0 Å². The van der Waals surface area contributed by atoms with Crippen LogP contribution >= 0.6 is 0 Å². The minimum absolute atomic E-state index is 0.591. The molecule has 130 valence electrons. The number of aryl methyl sites for hydroxylation is 2. The van der Waals surface area contributed by atoms with Crippen LogP contribution in [0.3, 0.4) is 0 Å². The van der Waals surface area contributed by atoms with E-state index in [1.165, 1.54) is 12.8 Å². The summed E-state index contributed by atoms with van der Waals surface area (Å²) in [4.78, 5) is 4.66. The summed E-state index contributed by atoms with van der Waals surface area (Å²) < 4.78 is 11.0. The summed E-state index contributed by atoms with van der Waals surface area (Å²) in [5.74, 6) is 2.56. The van der Waals surface area contributed by atoms with Crippen molar-refractivity contribution in [3.05, 3.63) is 17.0 Å². The van der Waals surface area contributed by atoms with Gasteiger partial charge in [-0.25, -0.2) is 4.99 Å². The molecule has 1 aliphatic rings. The van der Waals surface area contributed by atoms with Crippen molar-refractivity contribution in [2.24, 2.45) is 10.9 Å². The summed E-state index contributed by atoms with van der Waals surface area (Å²) in [5.41, 5.74) is 2.13. The molecule has 6 nitrogen and oxygen atoms in total. The zero-order valence-corrected chi connectivity index (χ0v) is 14.7. The van der Waals surface area contributed by atoms with E-state index in [1.54, 1.807) is 0 Å². The van der Waals surface area contributed by atoms with Crippen molar-refractivity contribution in [1.29, 1.82) is 0 Å². The van der Waals surface area contributed by atoms with Crippen LogP contribution in [0.2, 0.25) is 0 Å². The Morgan fingerprint density at radius 3 is 2.74 bits per heavy atom. The Labute approximate surface area is 139 Å². The molecule has 1 aromatic rings. The monoisotopic (exact) mass is 322 g/mol. The molecule has 0 saturated heterocycles. The van der Waals surface area contributed by atoms with Gasteiger partial charge in [0.05, 0.1) is 18.8 Å². The number of nitrogens with zero attached hydrogens (tertiary/aromatic N) is 2. The fraction of sp³-hybridized carbons (Fsp3) is 0.765. The van der Waals surface area contributed by atoms with Crippen LogP contribution in [0.5, 0.6) is 0 Å². The van der Waals surface area contributed by atoms with Gasteiger partial charge in [-0.1, -0.05) is 19.0 Å². The number of nitrogens with one attached hydrogen (secondary N) is 2. The lowest BCUT2D eigenvalue weighted by atomic mass is 10.1. The number of ether oxygens (including phenoxy) is 1. The van der Waals surface area contributed by atoms with Gasteiger partial charge in [-0.05, 0) is 32.1 Å². The molecular formula is C17H30N4O2. The van der Waals surface area contributed by atoms with Gasteiger partial charge in [0.15, 0.2) is 5.96 Å². The van der Waals surface area contributed by atoms with Crippen LogP contribution < -0.4 is 10.6 Å². The molecule has 2 rings (SSSR count). The topological polar surface area (TPSA) is 71.7 Å². The Morgan fingerprint density at radius 2 is 2.09 bits per heavy atom. The molecular weight excluding hydrogens is 292 g/mol. The fourth-order valence-electron chi connectivity index (χ4n) is 2.39. The van der Waals surface area contributed by atoms with Crippen molar-refractivity contribution in [3.63, 3.8) is 0 Å². The highest BCUT2D eigenvalue weighted by molar-refractivity contribution is 5.79. The lowest BCUT2D eigenvalue weighted by molar-refractivity contribution is 0.129. The van der Waals surface area contributed by atoms with Crippen molar-refractivity contribution in [1.82, 2.24) is 15.8 Å². The summed E-state index contributed by atoms with van der Waals surface area (Å²) in [5, 5.41) is 10.7. The first-order valence-electron chi connectivity index (χ1n) is 8.84. The Morgan fingerprint density at radius 1 is 1.26 bits per heavy atom. The lowest BCUT2D eigenvalue weighted by Crippen LogP contribution is -2.39. The number of aromatic nitrogens is 1. The second-order valence-corrected chi connectivity index (χ2v) is 5.88.